The van der Waals surface area contributed by atoms with E-state index in [-0.39, 0.29) is 5.54 Å². The lowest BCUT2D eigenvalue weighted by Gasteiger charge is -2.38. The van der Waals surface area contributed by atoms with Crippen LogP contribution in [0.2, 0.25) is 0 Å². The monoisotopic (exact) mass is 439 g/mol. The maximum Gasteiger partial charge on any atom is 0.165 e. The fraction of sp³-hybridized carbons (Fsp3) is 0.333. The molecular formula is C27H29N5O. The molecule has 0 atom stereocenters. The molecule has 0 spiro atoms. The van der Waals surface area contributed by atoms with Crippen LogP contribution >= 0.6 is 0 Å². The Morgan fingerprint density at radius 2 is 1.70 bits per heavy atom. The highest BCUT2D eigenvalue weighted by Gasteiger charge is 2.34. The molecule has 3 heterocycles. The Morgan fingerprint density at radius 3 is 2.42 bits per heavy atom. The molecule has 2 aromatic carbocycles. The SMILES string of the molecule is Cc1nc2ccc(-c3cccc(N4CCOCC4)c3)nc2n1-c1ccc(C2(N)CCC2)cc1. The molecule has 4 aromatic rings. The van der Waals surface area contributed by atoms with Crippen molar-refractivity contribution in [2.75, 3.05) is 31.2 Å². The summed E-state index contributed by atoms with van der Waals surface area (Å²) in [5, 5.41) is 0. The van der Waals surface area contributed by atoms with Gasteiger partial charge in [0.05, 0.1) is 18.9 Å². The Kier molecular flexibility index (Phi) is 4.93. The first-order valence-corrected chi connectivity index (χ1v) is 11.8. The lowest BCUT2D eigenvalue weighted by molar-refractivity contribution is 0.122. The standard InChI is InChI=1S/C27H29N5O/c1-19-29-25-11-10-24(20-4-2-5-23(18-20)31-14-16-33-17-15-31)30-26(25)32(19)22-8-6-21(7-9-22)27(28)12-3-13-27/h2,4-11,18H,3,12-17,28H2,1H3. The number of anilines is 1. The highest BCUT2D eigenvalue weighted by atomic mass is 16.5. The van der Waals surface area contributed by atoms with Gasteiger partial charge in [0.25, 0.3) is 0 Å². The van der Waals surface area contributed by atoms with Crippen molar-refractivity contribution in [2.45, 2.75) is 31.7 Å². The average Bonchev–Trinajstić information content (AvgIpc) is 3.18. The quantitative estimate of drug-likeness (QED) is 0.504. The molecule has 0 amide bonds. The number of morpholine rings is 1. The third kappa shape index (κ3) is 3.59. The molecule has 168 valence electrons. The number of fused-ring (bicyclic) bond motifs is 1. The Balaban J connectivity index is 1.38. The van der Waals surface area contributed by atoms with Gasteiger partial charge in [-0.3, -0.25) is 4.57 Å². The lowest BCUT2D eigenvalue weighted by atomic mass is 9.73. The van der Waals surface area contributed by atoms with Crippen molar-refractivity contribution in [3.63, 3.8) is 0 Å². The second-order valence-electron chi connectivity index (χ2n) is 9.24. The van der Waals surface area contributed by atoms with Crippen molar-refractivity contribution in [3.05, 3.63) is 72.1 Å². The van der Waals surface area contributed by atoms with Crippen LogP contribution in [0.5, 0.6) is 0 Å². The van der Waals surface area contributed by atoms with Crippen LogP contribution in [-0.4, -0.2) is 40.8 Å². The number of rotatable bonds is 4. The first-order valence-electron chi connectivity index (χ1n) is 11.8. The van der Waals surface area contributed by atoms with E-state index in [1.807, 2.05) is 6.92 Å². The summed E-state index contributed by atoms with van der Waals surface area (Å²) < 4.78 is 7.64. The third-order valence-electron chi connectivity index (χ3n) is 7.14. The lowest BCUT2D eigenvalue weighted by Crippen LogP contribution is -2.43. The topological polar surface area (TPSA) is 69.2 Å². The summed E-state index contributed by atoms with van der Waals surface area (Å²) in [4.78, 5) is 12.2. The summed E-state index contributed by atoms with van der Waals surface area (Å²) in [7, 11) is 0. The Labute approximate surface area is 194 Å². The number of ether oxygens (including phenoxy) is 1. The molecule has 1 aliphatic heterocycles. The van der Waals surface area contributed by atoms with Crippen LogP contribution in [0.15, 0.2) is 60.7 Å². The van der Waals surface area contributed by atoms with E-state index >= 15 is 0 Å². The van der Waals surface area contributed by atoms with Crippen LogP contribution < -0.4 is 10.6 Å². The summed E-state index contributed by atoms with van der Waals surface area (Å²) in [6.45, 7) is 5.42. The van der Waals surface area contributed by atoms with Gasteiger partial charge < -0.3 is 15.4 Å². The van der Waals surface area contributed by atoms with Crippen molar-refractivity contribution in [2.24, 2.45) is 5.73 Å². The fourth-order valence-corrected chi connectivity index (χ4v) is 5.01. The minimum atomic E-state index is -0.151. The van der Waals surface area contributed by atoms with Crippen molar-refractivity contribution in [1.29, 1.82) is 0 Å². The second kappa shape index (κ2) is 7.97. The van der Waals surface area contributed by atoms with Gasteiger partial charge in [0.2, 0.25) is 0 Å². The second-order valence-corrected chi connectivity index (χ2v) is 9.24. The number of hydrogen-bond acceptors (Lipinski definition) is 5. The first kappa shape index (κ1) is 20.4. The number of aryl methyl sites for hydroxylation is 1. The maximum absolute atomic E-state index is 6.52. The molecule has 0 radical (unpaired) electrons. The summed E-state index contributed by atoms with van der Waals surface area (Å²) in [6.07, 6.45) is 3.34. The van der Waals surface area contributed by atoms with E-state index in [1.54, 1.807) is 0 Å². The third-order valence-corrected chi connectivity index (χ3v) is 7.14. The smallest absolute Gasteiger partial charge is 0.165 e. The molecular weight excluding hydrogens is 410 g/mol. The molecule has 6 nitrogen and oxygen atoms in total. The van der Waals surface area contributed by atoms with E-state index < -0.39 is 0 Å². The number of benzene rings is 2. The Bertz CT molecular complexity index is 1300. The number of nitrogens with zero attached hydrogens (tertiary/aromatic N) is 4. The zero-order valence-electron chi connectivity index (χ0n) is 19.0. The molecule has 2 fully saturated rings. The molecule has 1 saturated carbocycles. The molecule has 1 saturated heterocycles. The number of nitrogens with two attached hydrogens (primary N) is 1. The van der Waals surface area contributed by atoms with Crippen molar-refractivity contribution in [3.8, 4) is 16.9 Å². The molecule has 33 heavy (non-hydrogen) atoms. The van der Waals surface area contributed by atoms with E-state index in [2.05, 4.69) is 70.1 Å². The molecule has 1 aliphatic carbocycles. The number of hydrogen-bond donors (Lipinski definition) is 1. The van der Waals surface area contributed by atoms with Gasteiger partial charge in [-0.25, -0.2) is 9.97 Å². The van der Waals surface area contributed by atoms with Gasteiger partial charge in [0.1, 0.15) is 11.3 Å². The van der Waals surface area contributed by atoms with Gasteiger partial charge in [-0.05, 0) is 68.1 Å². The predicted molar refractivity (Wildman–Crippen MR) is 132 cm³/mol. The Hall–Kier alpha value is -3.22. The van der Waals surface area contributed by atoms with Gasteiger partial charge in [-0.1, -0.05) is 24.3 Å². The van der Waals surface area contributed by atoms with Crippen molar-refractivity contribution < 1.29 is 4.74 Å². The fourth-order valence-electron chi connectivity index (χ4n) is 5.01. The van der Waals surface area contributed by atoms with E-state index in [4.69, 9.17) is 20.4 Å². The predicted octanol–water partition coefficient (Wildman–Crippen LogP) is 4.57. The van der Waals surface area contributed by atoms with Crippen LogP contribution in [0.25, 0.3) is 28.1 Å². The Morgan fingerprint density at radius 1 is 0.909 bits per heavy atom. The minimum absolute atomic E-state index is 0.151. The van der Waals surface area contributed by atoms with Gasteiger partial charge in [-0.2, -0.15) is 0 Å². The van der Waals surface area contributed by atoms with Crippen LogP contribution in [-0.2, 0) is 10.3 Å². The molecule has 6 rings (SSSR count). The summed E-state index contributed by atoms with van der Waals surface area (Å²) in [5.74, 6) is 0.926. The molecule has 2 aliphatic rings. The van der Waals surface area contributed by atoms with E-state index in [0.717, 1.165) is 73.1 Å². The van der Waals surface area contributed by atoms with Crippen LogP contribution in [0, 0.1) is 6.92 Å². The molecule has 0 bridgehead atoms. The highest BCUT2D eigenvalue weighted by Crippen LogP contribution is 2.39. The summed E-state index contributed by atoms with van der Waals surface area (Å²) in [6, 6.07) is 21.4. The van der Waals surface area contributed by atoms with Gasteiger partial charge in [0, 0.05) is 35.6 Å². The first-order chi connectivity index (χ1) is 16.1. The number of aromatic nitrogens is 3. The van der Waals surface area contributed by atoms with Gasteiger partial charge in [-0.15, -0.1) is 0 Å². The molecule has 2 N–H and O–H groups in total. The summed E-state index contributed by atoms with van der Waals surface area (Å²) >= 11 is 0. The maximum atomic E-state index is 6.52. The molecule has 0 unspecified atom stereocenters. The molecule has 6 heteroatoms. The van der Waals surface area contributed by atoms with E-state index in [9.17, 15) is 0 Å². The molecule has 2 aromatic heterocycles. The van der Waals surface area contributed by atoms with Crippen molar-refractivity contribution in [1.82, 2.24) is 14.5 Å². The average molecular weight is 440 g/mol. The van der Waals surface area contributed by atoms with Crippen LogP contribution in [0.4, 0.5) is 5.69 Å². The van der Waals surface area contributed by atoms with Gasteiger partial charge in [0.15, 0.2) is 5.65 Å². The van der Waals surface area contributed by atoms with Crippen LogP contribution in [0.3, 0.4) is 0 Å². The van der Waals surface area contributed by atoms with Gasteiger partial charge >= 0.3 is 0 Å². The van der Waals surface area contributed by atoms with Crippen LogP contribution in [0.1, 0.15) is 30.7 Å². The highest BCUT2D eigenvalue weighted by molar-refractivity contribution is 5.78. The zero-order valence-corrected chi connectivity index (χ0v) is 19.0. The van der Waals surface area contributed by atoms with Crippen molar-refractivity contribution >= 4 is 16.9 Å². The number of imidazole rings is 1. The minimum Gasteiger partial charge on any atom is -0.378 e. The van der Waals surface area contributed by atoms with E-state index in [0.29, 0.717) is 0 Å². The normalized spacial score (nSPS) is 17.8. The number of pyridine rings is 1. The zero-order chi connectivity index (χ0) is 22.4. The largest absolute Gasteiger partial charge is 0.378 e. The van der Waals surface area contributed by atoms with E-state index in [1.165, 1.54) is 17.7 Å². The summed E-state index contributed by atoms with van der Waals surface area (Å²) in [5.41, 5.74) is 13.7.